The van der Waals surface area contributed by atoms with Crippen molar-refractivity contribution in [3.8, 4) is 0 Å². The zero-order valence-corrected chi connectivity index (χ0v) is 7.79. The van der Waals surface area contributed by atoms with E-state index in [4.69, 9.17) is 7.85 Å². The molecule has 0 saturated heterocycles. The van der Waals surface area contributed by atoms with Crippen molar-refractivity contribution >= 4 is 7.85 Å². The van der Waals surface area contributed by atoms with E-state index in [9.17, 15) is 0 Å². The summed E-state index contributed by atoms with van der Waals surface area (Å²) < 4.78 is 0. The summed E-state index contributed by atoms with van der Waals surface area (Å²) in [4.78, 5) is 0. The smallest absolute Gasteiger partial charge is 0.0588 e. The molecule has 0 nitrogen and oxygen atoms in total. The molecule has 6 aliphatic rings. The predicted molar refractivity (Wildman–Crippen MR) is 49.2 cm³/mol. The average Bonchev–Trinajstić information content (AvgIpc) is 2.03. The van der Waals surface area contributed by atoms with Crippen molar-refractivity contribution in [2.45, 2.75) is 31.0 Å². The second kappa shape index (κ2) is 1.08. The largest absolute Gasteiger partial charge is 0.0754 e. The zero-order valence-electron chi connectivity index (χ0n) is 7.79. The van der Waals surface area contributed by atoms with Crippen LogP contribution in [0.5, 0.6) is 0 Å². The Bertz CT molecular complexity index is 361. The van der Waals surface area contributed by atoms with Gasteiger partial charge in [-0.25, -0.2) is 0 Å². The lowest BCUT2D eigenvalue weighted by molar-refractivity contribution is -0.581. The van der Waals surface area contributed by atoms with Crippen LogP contribution in [0.15, 0.2) is 0 Å². The van der Waals surface area contributed by atoms with E-state index in [1.54, 1.807) is 12.8 Å². The van der Waals surface area contributed by atoms with E-state index >= 15 is 0 Å². The molecule has 1 heteroatoms. The van der Waals surface area contributed by atoms with Gasteiger partial charge in [-0.2, -0.15) is 0 Å². The van der Waals surface area contributed by atoms with Gasteiger partial charge in [-0.05, 0) is 53.3 Å². The van der Waals surface area contributed by atoms with E-state index < -0.39 is 0 Å². The van der Waals surface area contributed by atoms with Crippen molar-refractivity contribution in [2.75, 3.05) is 0 Å². The maximum absolute atomic E-state index is 6.51. The third-order valence-electron chi connectivity index (χ3n) is 7.83. The topological polar surface area (TPSA) is 0 Å². The van der Waals surface area contributed by atoms with Crippen LogP contribution in [0.1, 0.15) is 25.7 Å². The number of hydrogen-bond acceptors (Lipinski definition) is 0. The van der Waals surface area contributed by atoms with Gasteiger partial charge in [0.05, 0.1) is 7.85 Å². The first-order valence-corrected chi connectivity index (χ1v) is 6.06. The van der Waals surface area contributed by atoms with E-state index in [0.717, 1.165) is 22.7 Å². The summed E-state index contributed by atoms with van der Waals surface area (Å²) in [6.45, 7) is 0. The molecule has 0 heterocycles. The van der Waals surface area contributed by atoms with E-state index in [1.807, 2.05) is 0 Å². The molecule has 4 unspecified atom stereocenters. The minimum atomic E-state index is 0.383. The summed E-state index contributed by atoms with van der Waals surface area (Å²) in [5, 5.41) is 0.383. The molecular formula is C12H13B. The van der Waals surface area contributed by atoms with Crippen molar-refractivity contribution in [3.63, 3.8) is 0 Å². The Balaban J connectivity index is 1.67. The average molecular weight is 168 g/mol. The van der Waals surface area contributed by atoms with Gasteiger partial charge in [-0.15, -0.1) is 0 Å². The Kier molecular flexibility index (Phi) is 0.482. The molecule has 6 fully saturated rings. The van der Waals surface area contributed by atoms with Crippen LogP contribution in [-0.2, 0) is 0 Å². The predicted octanol–water partition coefficient (Wildman–Crippen LogP) is 2.01. The van der Waals surface area contributed by atoms with Gasteiger partial charge in [0.1, 0.15) is 0 Å². The van der Waals surface area contributed by atoms with E-state index in [-0.39, 0.29) is 0 Å². The molecular weight excluding hydrogens is 155 g/mol. The van der Waals surface area contributed by atoms with Crippen LogP contribution < -0.4 is 0 Å². The lowest BCUT2D eigenvalue weighted by Gasteiger charge is -3.09. The summed E-state index contributed by atoms with van der Waals surface area (Å²) in [6, 6.07) is 0. The summed E-state index contributed by atoms with van der Waals surface area (Å²) >= 11 is 0. The van der Waals surface area contributed by atoms with Crippen molar-refractivity contribution < 1.29 is 0 Å². The maximum atomic E-state index is 6.51. The van der Waals surface area contributed by atoms with Crippen LogP contribution in [-0.4, -0.2) is 7.85 Å². The zero-order chi connectivity index (χ0) is 8.22. The molecule has 0 bridgehead atoms. The Hall–Kier alpha value is 0.0649. The highest BCUT2D eigenvalue weighted by molar-refractivity contribution is 6.18. The highest BCUT2D eigenvalue weighted by Crippen LogP contribution is 3.10. The highest BCUT2D eigenvalue weighted by atomic mass is 15.1. The van der Waals surface area contributed by atoms with Crippen molar-refractivity contribution in [1.82, 2.24) is 0 Å². The van der Waals surface area contributed by atoms with E-state index in [0.29, 0.717) is 5.31 Å². The molecule has 2 spiro atoms. The first kappa shape index (κ1) is 5.83. The second-order valence-electron chi connectivity index (χ2n) is 6.96. The molecule has 13 heavy (non-hydrogen) atoms. The minimum Gasteiger partial charge on any atom is -0.0588 e. The van der Waals surface area contributed by atoms with Crippen molar-refractivity contribution in [2.24, 2.45) is 40.4 Å². The fourth-order valence-corrected chi connectivity index (χ4v) is 8.07. The van der Waals surface area contributed by atoms with Crippen LogP contribution >= 0.6 is 0 Å². The molecule has 6 aliphatic carbocycles. The first-order valence-electron chi connectivity index (χ1n) is 6.06. The van der Waals surface area contributed by atoms with Crippen molar-refractivity contribution in [1.29, 1.82) is 0 Å². The Morgan fingerprint density at radius 1 is 0.923 bits per heavy atom. The number of rotatable bonds is 0. The van der Waals surface area contributed by atoms with Gasteiger partial charge in [0.25, 0.3) is 0 Å². The van der Waals surface area contributed by atoms with E-state index in [2.05, 4.69) is 0 Å². The van der Waals surface area contributed by atoms with Crippen LogP contribution in [0.4, 0.5) is 0 Å². The first-order chi connectivity index (χ1) is 6.27. The highest BCUT2D eigenvalue weighted by Gasteiger charge is 3.04. The Morgan fingerprint density at radius 3 is 1.92 bits per heavy atom. The van der Waals surface area contributed by atoms with Gasteiger partial charge in [-0.1, -0.05) is 18.2 Å². The molecule has 0 aromatic carbocycles. The summed E-state index contributed by atoms with van der Waals surface area (Å²) in [5.41, 5.74) is 1.70. The lowest BCUT2D eigenvalue weighted by Crippen LogP contribution is -3.02. The van der Waals surface area contributed by atoms with Gasteiger partial charge in [0, 0.05) is 0 Å². The molecule has 64 valence electrons. The van der Waals surface area contributed by atoms with Gasteiger partial charge >= 0.3 is 0 Å². The third-order valence-corrected chi connectivity index (χ3v) is 7.83. The fraction of sp³-hybridized carbons (Fsp3) is 1.00. The molecule has 0 N–H and O–H groups in total. The SMILES string of the molecule is [B]C12CC3C4CC5CC6C(C1)C32C546. The lowest BCUT2D eigenvalue weighted by atomic mass is 8.93. The monoisotopic (exact) mass is 168 g/mol. The molecule has 2 radical (unpaired) electrons. The standard InChI is InChI=1S/C12H13B/c13-10-3-8-6-1-5-2-7-9(4-10)12(8,10)11(5,6)7/h5-9H,1-4H2. The molecule has 0 aromatic rings. The molecule has 4 atom stereocenters. The van der Waals surface area contributed by atoms with E-state index in [1.165, 1.54) is 30.6 Å². The molecule has 0 aliphatic heterocycles. The van der Waals surface area contributed by atoms with Gasteiger partial charge < -0.3 is 0 Å². The number of hydrogen-bond donors (Lipinski definition) is 0. The Labute approximate surface area is 79.9 Å². The van der Waals surface area contributed by atoms with Crippen LogP contribution in [0.2, 0.25) is 5.31 Å². The van der Waals surface area contributed by atoms with Crippen LogP contribution in [0.25, 0.3) is 0 Å². The van der Waals surface area contributed by atoms with Gasteiger partial charge in [0.2, 0.25) is 0 Å². The summed E-state index contributed by atoms with van der Waals surface area (Å²) in [6.07, 6.45) is 6.03. The van der Waals surface area contributed by atoms with Gasteiger partial charge in [0.15, 0.2) is 0 Å². The normalized spacial score (nSPS) is 93.4. The summed E-state index contributed by atoms with van der Waals surface area (Å²) in [7, 11) is 6.51. The molecule has 0 amide bonds. The second-order valence-corrected chi connectivity index (χ2v) is 6.96. The third kappa shape index (κ3) is 0.223. The molecule has 0 aromatic heterocycles. The fourth-order valence-electron chi connectivity index (χ4n) is 8.07. The van der Waals surface area contributed by atoms with Crippen LogP contribution in [0.3, 0.4) is 0 Å². The minimum absolute atomic E-state index is 0.383. The Morgan fingerprint density at radius 2 is 1.54 bits per heavy atom. The quantitative estimate of drug-likeness (QED) is 0.485. The van der Waals surface area contributed by atoms with Crippen molar-refractivity contribution in [3.05, 3.63) is 0 Å². The van der Waals surface area contributed by atoms with Gasteiger partial charge in [-0.3, -0.25) is 0 Å². The summed E-state index contributed by atoms with van der Waals surface area (Å²) in [5.74, 6) is 5.79. The molecule has 6 saturated carbocycles. The number of fused-ring (bicyclic) bond motifs is 2. The van der Waals surface area contributed by atoms with Crippen LogP contribution in [0, 0.1) is 40.4 Å². The maximum Gasteiger partial charge on any atom is 0.0754 e. The molecule has 6 rings (SSSR count).